The Labute approximate surface area is 278 Å². The highest BCUT2D eigenvalue weighted by Gasteiger charge is 2.28. The molecule has 47 heavy (non-hydrogen) atoms. The lowest BCUT2D eigenvalue weighted by Crippen LogP contribution is -2.25. The molecule has 0 aliphatic heterocycles. The van der Waals surface area contributed by atoms with E-state index in [1.165, 1.54) is 0 Å². The van der Waals surface area contributed by atoms with Crippen molar-refractivity contribution < 1.29 is 28.8 Å². The van der Waals surface area contributed by atoms with Crippen LogP contribution in [0.4, 0.5) is 0 Å². The Morgan fingerprint density at radius 1 is 0.766 bits per heavy atom. The van der Waals surface area contributed by atoms with Gasteiger partial charge in [-0.05, 0) is 62.9 Å². The number of aryl methyl sites for hydroxylation is 1. The molecule has 244 valence electrons. The largest absolute Gasteiger partial charge is 0.495 e. The summed E-state index contributed by atoms with van der Waals surface area (Å²) in [7, 11) is 3.30. The number of aliphatic hydroxyl groups is 1. The van der Waals surface area contributed by atoms with Crippen LogP contribution in [0.2, 0.25) is 0 Å². The number of benzene rings is 5. The van der Waals surface area contributed by atoms with E-state index in [0.29, 0.717) is 53.6 Å². The second kappa shape index (κ2) is 14.8. The monoisotopic (exact) mass is 632 g/mol. The Kier molecular flexibility index (Phi) is 10.6. The Bertz CT molecular complexity index is 1890. The summed E-state index contributed by atoms with van der Waals surface area (Å²) < 4.78 is 31.5. The maximum atomic E-state index is 11.8. The van der Waals surface area contributed by atoms with Gasteiger partial charge in [-0.1, -0.05) is 91.6 Å². The fourth-order valence-corrected chi connectivity index (χ4v) is 5.75. The van der Waals surface area contributed by atoms with Crippen LogP contribution in [0.15, 0.2) is 84.9 Å². The second-order valence-corrected chi connectivity index (χ2v) is 12.1. The molecule has 0 heterocycles. The van der Waals surface area contributed by atoms with Gasteiger partial charge >= 0.3 is 0 Å². The van der Waals surface area contributed by atoms with E-state index in [1.807, 2.05) is 120 Å². The van der Waals surface area contributed by atoms with Gasteiger partial charge < -0.3 is 28.8 Å². The summed E-state index contributed by atoms with van der Waals surface area (Å²) in [5, 5.41) is 14.9. The number of hydrogen-bond donors (Lipinski definition) is 1. The lowest BCUT2D eigenvalue weighted by atomic mass is 9.92. The van der Waals surface area contributed by atoms with Crippen LogP contribution in [-0.4, -0.2) is 31.0 Å². The highest BCUT2D eigenvalue weighted by molar-refractivity contribution is 6.15. The van der Waals surface area contributed by atoms with Crippen LogP contribution in [-0.2, 0) is 18.0 Å². The van der Waals surface area contributed by atoms with Crippen molar-refractivity contribution in [1.82, 2.24) is 0 Å². The topological polar surface area (TPSA) is 66.4 Å². The van der Waals surface area contributed by atoms with Gasteiger partial charge in [-0.3, -0.25) is 0 Å². The lowest BCUT2D eigenvalue weighted by molar-refractivity contribution is -0.00214. The van der Waals surface area contributed by atoms with Crippen molar-refractivity contribution in [3.8, 4) is 34.8 Å². The summed E-state index contributed by atoms with van der Waals surface area (Å²) in [6.45, 7) is 10.7. The van der Waals surface area contributed by atoms with Crippen molar-refractivity contribution in [2.24, 2.45) is 0 Å². The second-order valence-electron chi connectivity index (χ2n) is 12.1. The van der Waals surface area contributed by atoms with Gasteiger partial charge in [0.15, 0.2) is 0 Å². The fourth-order valence-electron chi connectivity index (χ4n) is 5.75. The van der Waals surface area contributed by atoms with Crippen molar-refractivity contribution >= 4 is 21.5 Å². The molecule has 0 fully saturated rings. The number of ether oxygens (including phenoxy) is 5. The van der Waals surface area contributed by atoms with Crippen molar-refractivity contribution in [1.29, 1.82) is 0 Å². The maximum absolute atomic E-state index is 11.8. The summed E-state index contributed by atoms with van der Waals surface area (Å²) in [5.41, 5.74) is 2.74. The molecule has 0 spiro atoms. The Morgan fingerprint density at radius 2 is 1.40 bits per heavy atom. The molecule has 0 saturated heterocycles. The van der Waals surface area contributed by atoms with Crippen LogP contribution in [0.1, 0.15) is 62.5 Å². The number of hydrogen-bond acceptors (Lipinski definition) is 6. The third kappa shape index (κ3) is 7.33. The molecule has 0 amide bonds. The SMILES string of the molecule is CC[C@](C)(C#CC(O)c1c(C)cc2c(OC)c3cccc(OCc4ccccc4)c3c(OC)c2c1OC(C)C)OCc1ccccc1. The quantitative estimate of drug-likeness (QED) is 0.109. The minimum Gasteiger partial charge on any atom is -0.495 e. The highest BCUT2D eigenvalue weighted by atomic mass is 16.5. The number of fused-ring (bicyclic) bond motifs is 2. The fraction of sp³-hybridized carbons (Fsp3) is 0.317. The molecule has 5 rings (SSSR count). The predicted octanol–water partition coefficient (Wildman–Crippen LogP) is 9.11. The molecular weight excluding hydrogens is 588 g/mol. The minimum absolute atomic E-state index is 0.204. The molecule has 0 aliphatic rings. The van der Waals surface area contributed by atoms with E-state index in [4.69, 9.17) is 23.7 Å². The van der Waals surface area contributed by atoms with Gasteiger partial charge in [0.05, 0.1) is 37.7 Å². The van der Waals surface area contributed by atoms with E-state index >= 15 is 0 Å². The van der Waals surface area contributed by atoms with Gasteiger partial charge in [-0.15, -0.1) is 0 Å². The van der Waals surface area contributed by atoms with Gasteiger partial charge in [-0.25, -0.2) is 0 Å². The van der Waals surface area contributed by atoms with Crippen molar-refractivity contribution in [3.63, 3.8) is 0 Å². The Hall–Kier alpha value is -4.70. The standard InChI is InChI=1S/C41H44O6/c1-8-41(5,46-26-30-18-13-10-14-19-30)23-22-33(42)35-28(4)24-32-37(40(35)47-27(2)3)39(44-7)36-31(38(32)43-6)20-15-21-34(36)45-25-29-16-11-9-12-17-29/h9-21,24,27,33,42H,8,25-26H2,1-7H3/t33?,41-/m1/s1. The third-order valence-corrected chi connectivity index (χ3v) is 8.32. The normalized spacial score (nSPS) is 13.1. The van der Waals surface area contributed by atoms with Crippen LogP contribution in [0.3, 0.4) is 0 Å². The van der Waals surface area contributed by atoms with E-state index in [9.17, 15) is 5.11 Å². The van der Waals surface area contributed by atoms with Gasteiger partial charge in [0.25, 0.3) is 0 Å². The zero-order chi connectivity index (χ0) is 33.6. The molecular formula is C41H44O6. The molecule has 6 heteroatoms. The first kappa shape index (κ1) is 33.7. The van der Waals surface area contributed by atoms with Crippen LogP contribution in [0.5, 0.6) is 23.0 Å². The molecule has 0 aromatic heterocycles. The average molecular weight is 633 g/mol. The molecule has 5 aromatic rings. The lowest BCUT2D eigenvalue weighted by Gasteiger charge is -2.25. The molecule has 2 atom stereocenters. The zero-order valence-electron chi connectivity index (χ0n) is 28.3. The molecule has 0 saturated carbocycles. The molecule has 0 bridgehead atoms. The zero-order valence-corrected chi connectivity index (χ0v) is 28.3. The molecule has 0 radical (unpaired) electrons. The maximum Gasteiger partial charge on any atom is 0.144 e. The van der Waals surface area contributed by atoms with E-state index in [0.717, 1.165) is 32.8 Å². The van der Waals surface area contributed by atoms with Crippen molar-refractivity contribution in [2.75, 3.05) is 14.2 Å². The smallest absolute Gasteiger partial charge is 0.144 e. The summed E-state index contributed by atoms with van der Waals surface area (Å²) in [6.07, 6.45) is -0.714. The molecule has 6 nitrogen and oxygen atoms in total. The van der Waals surface area contributed by atoms with Crippen molar-refractivity contribution in [2.45, 2.75) is 72.1 Å². The third-order valence-electron chi connectivity index (χ3n) is 8.32. The first-order valence-corrected chi connectivity index (χ1v) is 16.1. The van der Waals surface area contributed by atoms with Gasteiger partial charge in [0.2, 0.25) is 0 Å². The average Bonchev–Trinajstić information content (AvgIpc) is 3.08. The molecule has 1 N–H and O–H groups in total. The van der Waals surface area contributed by atoms with Gasteiger partial charge in [0.1, 0.15) is 41.3 Å². The van der Waals surface area contributed by atoms with Crippen LogP contribution in [0.25, 0.3) is 21.5 Å². The molecule has 5 aromatic carbocycles. The Balaban J connectivity index is 1.67. The first-order chi connectivity index (χ1) is 22.7. The highest BCUT2D eigenvalue weighted by Crippen LogP contribution is 2.52. The van der Waals surface area contributed by atoms with Gasteiger partial charge in [0, 0.05) is 16.3 Å². The summed E-state index contributed by atoms with van der Waals surface area (Å²) in [5.74, 6) is 8.72. The first-order valence-electron chi connectivity index (χ1n) is 16.1. The van der Waals surface area contributed by atoms with Gasteiger partial charge in [-0.2, -0.15) is 0 Å². The number of aliphatic hydroxyl groups excluding tert-OH is 1. The number of methoxy groups -OCH3 is 2. The van der Waals surface area contributed by atoms with E-state index in [1.54, 1.807) is 14.2 Å². The minimum atomic E-state index is -1.16. The number of rotatable bonds is 12. The molecule has 1 unspecified atom stereocenters. The van der Waals surface area contributed by atoms with Crippen LogP contribution >= 0.6 is 0 Å². The van der Waals surface area contributed by atoms with Crippen LogP contribution < -0.4 is 18.9 Å². The summed E-state index contributed by atoms with van der Waals surface area (Å²) in [6, 6.07) is 27.9. The summed E-state index contributed by atoms with van der Waals surface area (Å²) in [4.78, 5) is 0. The summed E-state index contributed by atoms with van der Waals surface area (Å²) >= 11 is 0. The van der Waals surface area contributed by atoms with Crippen LogP contribution in [0, 0.1) is 18.8 Å². The van der Waals surface area contributed by atoms with E-state index in [-0.39, 0.29) is 6.10 Å². The van der Waals surface area contributed by atoms with E-state index < -0.39 is 11.7 Å². The predicted molar refractivity (Wildman–Crippen MR) is 188 cm³/mol. The Morgan fingerprint density at radius 3 is 2.00 bits per heavy atom. The molecule has 0 aliphatic carbocycles. The van der Waals surface area contributed by atoms with E-state index in [2.05, 4.69) is 11.8 Å². The van der Waals surface area contributed by atoms with Crippen molar-refractivity contribution in [3.05, 3.63) is 107 Å².